The topological polar surface area (TPSA) is 75.4 Å². The van der Waals surface area contributed by atoms with Crippen LogP contribution in [0.15, 0.2) is 4.52 Å². The molecule has 1 aromatic heterocycles. The lowest BCUT2D eigenvalue weighted by molar-refractivity contribution is -0.122. The normalized spacial score (nSPS) is 25.4. The summed E-state index contributed by atoms with van der Waals surface area (Å²) in [5, 5.41) is 17.4. The van der Waals surface area contributed by atoms with Crippen molar-refractivity contribution in [3.8, 4) is 0 Å². The van der Waals surface area contributed by atoms with Crippen LogP contribution in [-0.4, -0.2) is 28.3 Å². The van der Waals surface area contributed by atoms with Crippen molar-refractivity contribution in [2.24, 2.45) is 11.3 Å². The van der Waals surface area contributed by atoms with E-state index in [1.54, 1.807) is 6.92 Å². The predicted molar refractivity (Wildman–Crippen MR) is 89.3 cm³/mol. The molecule has 0 unspecified atom stereocenters. The summed E-state index contributed by atoms with van der Waals surface area (Å²) in [5.41, 5.74) is 0.694. The second-order valence-corrected chi connectivity index (χ2v) is 8.18. The number of hydrogen-bond acceptors (Lipinski definition) is 4. The molecule has 0 spiro atoms. The Hall–Kier alpha value is -1.07. The third-order valence-corrected chi connectivity index (χ3v) is 5.33. The van der Waals surface area contributed by atoms with Gasteiger partial charge in [-0.2, -0.15) is 0 Å². The highest BCUT2D eigenvalue weighted by Gasteiger charge is 2.37. The van der Waals surface area contributed by atoms with Gasteiger partial charge in [0, 0.05) is 12.1 Å². The maximum atomic E-state index is 12.1. The highest BCUT2D eigenvalue weighted by atomic mass is 35.5. The monoisotopic (exact) mass is 342 g/mol. The number of carbonyl (C=O) groups excluding carboxylic acids is 1. The molecule has 6 heteroatoms. The average molecular weight is 343 g/mol. The van der Waals surface area contributed by atoms with Crippen LogP contribution in [0.1, 0.15) is 57.7 Å². The highest BCUT2D eigenvalue weighted by Crippen LogP contribution is 2.41. The number of carbonyl (C=O) groups is 1. The van der Waals surface area contributed by atoms with Crippen molar-refractivity contribution in [2.45, 2.75) is 65.4 Å². The lowest BCUT2D eigenvalue weighted by Gasteiger charge is -2.41. The van der Waals surface area contributed by atoms with Gasteiger partial charge < -0.3 is 14.9 Å². The summed E-state index contributed by atoms with van der Waals surface area (Å²) in [6.45, 7) is 8.77. The lowest BCUT2D eigenvalue weighted by Crippen LogP contribution is -2.46. The van der Waals surface area contributed by atoms with Gasteiger partial charge in [-0.05, 0) is 55.5 Å². The fourth-order valence-corrected chi connectivity index (χ4v) is 3.48. The van der Waals surface area contributed by atoms with E-state index in [1.807, 2.05) is 0 Å². The Morgan fingerprint density at radius 2 is 2.04 bits per heavy atom. The highest BCUT2D eigenvalue weighted by molar-refractivity contribution is 6.29. The minimum absolute atomic E-state index is 0.120. The number of halogens is 1. The van der Waals surface area contributed by atoms with Gasteiger partial charge in [-0.25, -0.2) is 0 Å². The third-order valence-electron chi connectivity index (χ3n) is 5.03. The maximum Gasteiger partial charge on any atom is 0.229 e. The number of nitrogens with one attached hydrogen (secondary N) is 1. The summed E-state index contributed by atoms with van der Waals surface area (Å²) in [4.78, 5) is 12.1. The van der Waals surface area contributed by atoms with E-state index < -0.39 is 5.60 Å². The fraction of sp³-hybridized carbons (Fsp3) is 0.765. The minimum atomic E-state index is -0.801. The first kappa shape index (κ1) is 18.3. The van der Waals surface area contributed by atoms with Crippen LogP contribution >= 0.6 is 11.6 Å². The number of rotatable bonds is 4. The molecule has 1 amide bonds. The van der Waals surface area contributed by atoms with Crippen LogP contribution < -0.4 is 5.32 Å². The fourth-order valence-electron chi connectivity index (χ4n) is 3.24. The molecule has 0 bridgehead atoms. The molecular weight excluding hydrogens is 316 g/mol. The molecule has 5 nitrogen and oxygen atoms in total. The molecule has 1 fully saturated rings. The number of hydrogen-bond donors (Lipinski definition) is 2. The molecule has 1 saturated carbocycles. The first-order valence-electron chi connectivity index (χ1n) is 8.20. The number of aryl methyl sites for hydroxylation is 1. The van der Waals surface area contributed by atoms with Gasteiger partial charge in [-0.1, -0.05) is 25.9 Å². The van der Waals surface area contributed by atoms with Crippen LogP contribution in [0.5, 0.6) is 0 Å². The molecule has 0 radical (unpaired) electrons. The molecule has 23 heavy (non-hydrogen) atoms. The minimum Gasteiger partial charge on any atom is -0.388 e. The zero-order chi connectivity index (χ0) is 17.3. The van der Waals surface area contributed by atoms with Crippen LogP contribution in [0.4, 0.5) is 0 Å². The van der Waals surface area contributed by atoms with Crippen molar-refractivity contribution in [3.63, 3.8) is 0 Å². The molecule has 1 aliphatic rings. The largest absolute Gasteiger partial charge is 0.388 e. The summed E-state index contributed by atoms with van der Waals surface area (Å²) in [5.74, 6) is 0.446. The molecule has 130 valence electrons. The van der Waals surface area contributed by atoms with Crippen molar-refractivity contribution in [2.75, 3.05) is 6.54 Å². The predicted octanol–water partition coefficient (Wildman–Crippen LogP) is 3.26. The Bertz CT molecular complexity index is 535. The van der Waals surface area contributed by atoms with E-state index in [9.17, 15) is 9.90 Å². The summed E-state index contributed by atoms with van der Waals surface area (Å²) in [6.07, 6.45) is 3.55. The van der Waals surface area contributed by atoms with Crippen molar-refractivity contribution in [1.29, 1.82) is 0 Å². The van der Waals surface area contributed by atoms with Crippen LogP contribution in [0, 0.1) is 18.3 Å². The Balaban J connectivity index is 1.83. The SMILES string of the molecule is Cc1noc(Cl)c1CC(=O)NCC1(O)CCC(C(C)(C)C)CC1. The first-order chi connectivity index (χ1) is 10.6. The van der Waals surface area contributed by atoms with Gasteiger partial charge in [0.1, 0.15) is 0 Å². The first-order valence-corrected chi connectivity index (χ1v) is 8.58. The number of aromatic nitrogens is 1. The van der Waals surface area contributed by atoms with Gasteiger partial charge in [0.05, 0.1) is 17.7 Å². The van der Waals surface area contributed by atoms with Gasteiger partial charge in [0.15, 0.2) is 0 Å². The second-order valence-electron chi connectivity index (χ2n) is 7.84. The van der Waals surface area contributed by atoms with Gasteiger partial charge in [0.25, 0.3) is 0 Å². The van der Waals surface area contributed by atoms with Crippen molar-refractivity contribution >= 4 is 17.5 Å². The van der Waals surface area contributed by atoms with Gasteiger partial charge >= 0.3 is 0 Å². The molecule has 0 atom stereocenters. The lowest BCUT2D eigenvalue weighted by atomic mass is 9.68. The van der Waals surface area contributed by atoms with Crippen LogP contribution in [-0.2, 0) is 11.2 Å². The van der Waals surface area contributed by atoms with E-state index in [0.29, 0.717) is 17.2 Å². The third kappa shape index (κ3) is 4.70. The van der Waals surface area contributed by atoms with E-state index in [0.717, 1.165) is 25.7 Å². The van der Waals surface area contributed by atoms with Crippen molar-refractivity contribution in [1.82, 2.24) is 10.5 Å². The van der Waals surface area contributed by atoms with E-state index in [4.69, 9.17) is 16.1 Å². The second kappa shape index (κ2) is 6.81. The van der Waals surface area contributed by atoms with Crippen molar-refractivity contribution < 1.29 is 14.4 Å². The van der Waals surface area contributed by atoms with E-state index >= 15 is 0 Å². The number of nitrogens with zero attached hydrogens (tertiary/aromatic N) is 1. The molecule has 0 aliphatic heterocycles. The summed E-state index contributed by atoms with van der Waals surface area (Å²) in [6, 6.07) is 0. The Morgan fingerprint density at radius 1 is 1.43 bits per heavy atom. The summed E-state index contributed by atoms with van der Waals surface area (Å²) < 4.78 is 4.84. The maximum absolute atomic E-state index is 12.1. The Kier molecular flexibility index (Phi) is 5.41. The summed E-state index contributed by atoms with van der Waals surface area (Å²) >= 11 is 5.87. The van der Waals surface area contributed by atoms with E-state index in [-0.39, 0.29) is 29.5 Å². The molecule has 0 aromatic carbocycles. The Morgan fingerprint density at radius 3 is 2.52 bits per heavy atom. The molecule has 1 heterocycles. The molecular formula is C17H27ClN2O3. The molecule has 1 aromatic rings. The number of amides is 1. The molecule has 1 aliphatic carbocycles. The van der Waals surface area contributed by atoms with Crippen molar-refractivity contribution in [3.05, 3.63) is 16.5 Å². The molecule has 2 rings (SSSR count). The summed E-state index contributed by atoms with van der Waals surface area (Å²) in [7, 11) is 0. The average Bonchev–Trinajstić information content (AvgIpc) is 2.77. The standard InChI is InChI=1S/C17H27ClN2O3/c1-11-13(15(18)23-20-11)9-14(21)19-10-17(22)7-5-12(6-8-17)16(2,3)4/h12,22H,5-10H2,1-4H3,(H,19,21). The van der Waals surface area contributed by atoms with Gasteiger partial charge in [-0.3, -0.25) is 4.79 Å². The van der Waals surface area contributed by atoms with Gasteiger partial charge in [-0.15, -0.1) is 0 Å². The number of aliphatic hydroxyl groups is 1. The quantitative estimate of drug-likeness (QED) is 0.880. The van der Waals surface area contributed by atoms with Crippen LogP contribution in [0.25, 0.3) is 0 Å². The van der Waals surface area contributed by atoms with Crippen LogP contribution in [0.2, 0.25) is 5.22 Å². The van der Waals surface area contributed by atoms with Gasteiger partial charge in [0.2, 0.25) is 11.1 Å². The molecule has 2 N–H and O–H groups in total. The zero-order valence-corrected chi connectivity index (χ0v) is 15.2. The van der Waals surface area contributed by atoms with Crippen LogP contribution in [0.3, 0.4) is 0 Å². The smallest absolute Gasteiger partial charge is 0.229 e. The molecule has 0 saturated heterocycles. The Labute approximate surface area is 142 Å². The zero-order valence-electron chi connectivity index (χ0n) is 14.4. The van der Waals surface area contributed by atoms with E-state index in [2.05, 4.69) is 31.2 Å². The van der Waals surface area contributed by atoms with E-state index in [1.165, 1.54) is 0 Å².